The van der Waals surface area contributed by atoms with Gasteiger partial charge in [0.25, 0.3) is 0 Å². The molecule has 12 rings (SSSR count). The minimum atomic E-state index is 0.998. The van der Waals surface area contributed by atoms with E-state index in [0.29, 0.717) is 0 Å². The average molecular weight is 840 g/mol. The van der Waals surface area contributed by atoms with Crippen LogP contribution in [0.1, 0.15) is 18.4 Å². The van der Waals surface area contributed by atoms with Gasteiger partial charge in [0, 0.05) is 17.1 Å². The standard InChI is InChI=1S/C65H45N/c1-5-21-44(22-6-1)58-43-59(63(47-26-9-3-10-27-47)64(48-28-11-4-12-29-48)62(58)46-24-7-2-8-25-46)49-30-19-31-50(41-49)60-54-35-15-17-37-56(54)61(57-38-18-16-36-55(57)60)51-32-20-33-52(42-51)65-53-34-14-13-23-45(53)39-40-66-65/h1,3-7,9-43H,2,8H2. The Morgan fingerprint density at radius 2 is 0.773 bits per heavy atom. The highest BCUT2D eigenvalue weighted by molar-refractivity contribution is 6.22. The van der Waals surface area contributed by atoms with Crippen molar-refractivity contribution >= 4 is 37.9 Å². The van der Waals surface area contributed by atoms with Gasteiger partial charge in [-0.1, -0.05) is 218 Å². The molecule has 0 unspecified atom stereocenters. The number of aromatic nitrogens is 1. The zero-order valence-electron chi connectivity index (χ0n) is 36.5. The number of benzene rings is 10. The van der Waals surface area contributed by atoms with E-state index in [9.17, 15) is 0 Å². The molecule has 0 aliphatic heterocycles. The first kappa shape index (κ1) is 39.2. The summed E-state index contributed by atoms with van der Waals surface area (Å²) in [7, 11) is 0. The van der Waals surface area contributed by atoms with Crippen LogP contribution in [0.5, 0.6) is 0 Å². The monoisotopic (exact) mass is 839 g/mol. The third-order valence-corrected chi connectivity index (χ3v) is 13.3. The Kier molecular flexibility index (Phi) is 10.1. The van der Waals surface area contributed by atoms with Crippen LogP contribution in [0.4, 0.5) is 0 Å². The van der Waals surface area contributed by atoms with Gasteiger partial charge in [-0.3, -0.25) is 4.98 Å². The SMILES string of the molecule is C1=CC(c2c(-c3ccccc3)cc(-c3cccc(-c4c5ccccc5c(-c5cccc(-c6nccc7ccccc67)c5)c5ccccc45)c3)c(-c3ccccc3)c2-c2ccccc2)=CCC1. The van der Waals surface area contributed by atoms with Gasteiger partial charge in [-0.25, -0.2) is 0 Å². The van der Waals surface area contributed by atoms with E-state index in [1.54, 1.807) is 0 Å². The topological polar surface area (TPSA) is 12.9 Å². The Labute approximate surface area is 386 Å². The first-order valence-corrected chi connectivity index (χ1v) is 23.0. The average Bonchev–Trinajstić information content (AvgIpc) is 3.40. The van der Waals surface area contributed by atoms with E-state index in [2.05, 4.69) is 243 Å². The molecular formula is C65H45N. The van der Waals surface area contributed by atoms with E-state index >= 15 is 0 Å². The minimum absolute atomic E-state index is 0.998. The summed E-state index contributed by atoms with van der Waals surface area (Å²) in [5.41, 5.74) is 19.2. The quantitative estimate of drug-likeness (QED) is 0.139. The number of pyridine rings is 1. The molecule has 0 fully saturated rings. The summed E-state index contributed by atoms with van der Waals surface area (Å²) in [6, 6.07) is 82.2. The normalized spacial score (nSPS) is 12.5. The van der Waals surface area contributed by atoms with E-state index in [1.165, 1.54) is 105 Å². The van der Waals surface area contributed by atoms with E-state index < -0.39 is 0 Å². The van der Waals surface area contributed by atoms with Gasteiger partial charge in [0.15, 0.2) is 0 Å². The fraction of sp³-hybridized carbons (Fsp3) is 0.0308. The number of fused-ring (bicyclic) bond motifs is 3. The predicted octanol–water partition coefficient (Wildman–Crippen LogP) is 17.9. The second-order valence-corrected chi connectivity index (χ2v) is 17.2. The third kappa shape index (κ3) is 6.94. The number of nitrogens with zero attached hydrogens (tertiary/aromatic N) is 1. The summed E-state index contributed by atoms with van der Waals surface area (Å²) < 4.78 is 0. The van der Waals surface area contributed by atoms with Crippen LogP contribution in [0.25, 0.3) is 116 Å². The summed E-state index contributed by atoms with van der Waals surface area (Å²) >= 11 is 0. The highest BCUT2D eigenvalue weighted by atomic mass is 14.7. The molecule has 0 saturated carbocycles. The molecule has 0 atom stereocenters. The first-order chi connectivity index (χ1) is 32.8. The number of hydrogen-bond acceptors (Lipinski definition) is 1. The Morgan fingerprint density at radius 1 is 0.303 bits per heavy atom. The number of allylic oxidation sites excluding steroid dienone is 4. The fourth-order valence-corrected chi connectivity index (χ4v) is 10.4. The van der Waals surface area contributed by atoms with Crippen LogP contribution in [0.15, 0.2) is 249 Å². The molecule has 1 aliphatic rings. The van der Waals surface area contributed by atoms with Crippen molar-refractivity contribution in [2.45, 2.75) is 12.8 Å². The van der Waals surface area contributed by atoms with Crippen molar-refractivity contribution < 1.29 is 0 Å². The maximum Gasteiger partial charge on any atom is 0.0780 e. The van der Waals surface area contributed by atoms with E-state index in [0.717, 1.165) is 29.5 Å². The molecule has 10 aromatic carbocycles. The molecule has 0 saturated heterocycles. The zero-order valence-corrected chi connectivity index (χ0v) is 36.5. The van der Waals surface area contributed by atoms with E-state index in [4.69, 9.17) is 4.98 Å². The van der Waals surface area contributed by atoms with Crippen molar-refractivity contribution in [3.8, 4) is 78.0 Å². The van der Waals surface area contributed by atoms with Crippen molar-refractivity contribution in [3.63, 3.8) is 0 Å². The van der Waals surface area contributed by atoms with Crippen molar-refractivity contribution in [3.05, 3.63) is 254 Å². The van der Waals surface area contributed by atoms with Gasteiger partial charge in [0.2, 0.25) is 0 Å². The van der Waals surface area contributed by atoms with Gasteiger partial charge in [0.1, 0.15) is 0 Å². The molecule has 0 bridgehead atoms. The van der Waals surface area contributed by atoms with Crippen LogP contribution >= 0.6 is 0 Å². The highest BCUT2D eigenvalue weighted by Crippen LogP contribution is 2.51. The Hall–Kier alpha value is -8.39. The lowest BCUT2D eigenvalue weighted by Gasteiger charge is -2.26. The second kappa shape index (κ2) is 17.0. The molecule has 1 aromatic heterocycles. The molecule has 0 radical (unpaired) electrons. The van der Waals surface area contributed by atoms with Crippen molar-refractivity contribution in [2.24, 2.45) is 0 Å². The molecule has 0 spiro atoms. The summed E-state index contributed by atoms with van der Waals surface area (Å²) in [5.74, 6) is 0. The molecule has 66 heavy (non-hydrogen) atoms. The van der Waals surface area contributed by atoms with Gasteiger partial charge < -0.3 is 0 Å². The van der Waals surface area contributed by atoms with Gasteiger partial charge in [-0.15, -0.1) is 0 Å². The summed E-state index contributed by atoms with van der Waals surface area (Å²) in [6.45, 7) is 0. The van der Waals surface area contributed by atoms with Crippen molar-refractivity contribution in [1.29, 1.82) is 0 Å². The third-order valence-electron chi connectivity index (χ3n) is 13.3. The number of rotatable bonds is 8. The summed E-state index contributed by atoms with van der Waals surface area (Å²) in [6.07, 6.45) is 11.1. The van der Waals surface area contributed by atoms with Crippen molar-refractivity contribution in [1.82, 2.24) is 4.98 Å². The maximum absolute atomic E-state index is 4.92. The van der Waals surface area contributed by atoms with Crippen LogP contribution in [0, 0.1) is 0 Å². The van der Waals surface area contributed by atoms with Gasteiger partial charge >= 0.3 is 0 Å². The Balaban J connectivity index is 1.12. The van der Waals surface area contributed by atoms with Crippen LogP contribution in [0.3, 0.4) is 0 Å². The molecule has 11 aromatic rings. The molecule has 0 N–H and O–H groups in total. The molecule has 1 heteroatoms. The summed E-state index contributed by atoms with van der Waals surface area (Å²) in [5, 5.41) is 7.24. The van der Waals surface area contributed by atoms with Crippen LogP contribution in [-0.4, -0.2) is 4.98 Å². The lowest BCUT2D eigenvalue weighted by Crippen LogP contribution is -2.01. The van der Waals surface area contributed by atoms with Crippen LogP contribution in [0.2, 0.25) is 0 Å². The maximum atomic E-state index is 4.92. The Bertz CT molecular complexity index is 3610. The molecule has 1 nitrogen and oxygen atoms in total. The lowest BCUT2D eigenvalue weighted by molar-refractivity contribution is 1.04. The van der Waals surface area contributed by atoms with Gasteiger partial charge in [-0.2, -0.15) is 0 Å². The smallest absolute Gasteiger partial charge is 0.0780 e. The molecular weight excluding hydrogens is 795 g/mol. The van der Waals surface area contributed by atoms with Crippen LogP contribution < -0.4 is 0 Å². The zero-order chi connectivity index (χ0) is 43.8. The molecule has 1 aliphatic carbocycles. The Morgan fingerprint density at radius 3 is 1.36 bits per heavy atom. The van der Waals surface area contributed by atoms with Gasteiger partial charge in [-0.05, 0) is 142 Å². The first-order valence-electron chi connectivity index (χ1n) is 23.0. The predicted molar refractivity (Wildman–Crippen MR) is 281 cm³/mol. The molecule has 1 heterocycles. The summed E-state index contributed by atoms with van der Waals surface area (Å²) in [4.78, 5) is 4.92. The fourth-order valence-electron chi connectivity index (χ4n) is 10.4. The van der Waals surface area contributed by atoms with Gasteiger partial charge in [0.05, 0.1) is 5.69 Å². The van der Waals surface area contributed by atoms with Crippen LogP contribution in [-0.2, 0) is 0 Å². The van der Waals surface area contributed by atoms with E-state index in [1.807, 2.05) is 6.20 Å². The molecule has 310 valence electrons. The van der Waals surface area contributed by atoms with E-state index in [-0.39, 0.29) is 0 Å². The number of hydrogen-bond donors (Lipinski definition) is 0. The second-order valence-electron chi connectivity index (χ2n) is 17.2. The lowest BCUT2D eigenvalue weighted by atomic mass is 9.77. The molecule has 0 amide bonds. The highest BCUT2D eigenvalue weighted by Gasteiger charge is 2.25. The largest absolute Gasteiger partial charge is 0.256 e. The minimum Gasteiger partial charge on any atom is -0.256 e. The van der Waals surface area contributed by atoms with Crippen molar-refractivity contribution in [2.75, 3.05) is 0 Å².